The summed E-state index contributed by atoms with van der Waals surface area (Å²) >= 11 is 0. The number of piperazine rings is 1. The van der Waals surface area contributed by atoms with Crippen molar-refractivity contribution < 1.29 is 19.2 Å². The standard InChI is InChI=1S/C22H22N4O4/c1-14(2)26-21(29)17-4-3-16(13-18(17)22(26)30)20(28)25-11-9-24(10-12-25)19(27)15-5-7-23-8-6-15/h3-8,13-14H,9-12H2,1-2H3. The molecular weight excluding hydrogens is 384 g/mol. The number of pyridine rings is 1. The quantitative estimate of drug-likeness (QED) is 0.724. The van der Waals surface area contributed by atoms with Crippen molar-refractivity contribution in [3.05, 3.63) is 65.0 Å². The predicted octanol–water partition coefficient (Wildman–Crippen LogP) is 1.68. The highest BCUT2D eigenvalue weighted by Crippen LogP contribution is 2.26. The number of carbonyl (C=O) groups is 4. The van der Waals surface area contributed by atoms with Crippen LogP contribution in [0.2, 0.25) is 0 Å². The van der Waals surface area contributed by atoms with E-state index in [1.807, 2.05) is 0 Å². The Hall–Kier alpha value is -3.55. The Morgan fingerprint density at radius 2 is 1.33 bits per heavy atom. The molecule has 1 fully saturated rings. The molecule has 8 nitrogen and oxygen atoms in total. The highest BCUT2D eigenvalue weighted by Gasteiger charge is 2.38. The fourth-order valence-corrected chi connectivity index (χ4v) is 3.83. The molecule has 1 aromatic carbocycles. The third-order valence-electron chi connectivity index (χ3n) is 5.46. The van der Waals surface area contributed by atoms with Gasteiger partial charge >= 0.3 is 0 Å². The van der Waals surface area contributed by atoms with Crippen molar-refractivity contribution in [2.24, 2.45) is 0 Å². The van der Waals surface area contributed by atoms with E-state index in [9.17, 15) is 19.2 Å². The second-order valence-corrected chi connectivity index (χ2v) is 7.65. The van der Waals surface area contributed by atoms with Gasteiger partial charge in [-0.15, -0.1) is 0 Å². The summed E-state index contributed by atoms with van der Waals surface area (Å²) in [5.41, 5.74) is 1.54. The van der Waals surface area contributed by atoms with Crippen LogP contribution >= 0.6 is 0 Å². The second kappa shape index (κ2) is 7.70. The Bertz CT molecular complexity index is 1030. The first-order chi connectivity index (χ1) is 14.4. The summed E-state index contributed by atoms with van der Waals surface area (Å²) in [7, 11) is 0. The minimum Gasteiger partial charge on any atom is -0.335 e. The molecule has 0 unspecified atom stereocenters. The van der Waals surface area contributed by atoms with Crippen molar-refractivity contribution in [3.8, 4) is 0 Å². The molecule has 30 heavy (non-hydrogen) atoms. The molecular formula is C22H22N4O4. The van der Waals surface area contributed by atoms with Crippen LogP contribution in [0.15, 0.2) is 42.7 Å². The zero-order valence-electron chi connectivity index (χ0n) is 16.9. The number of fused-ring (bicyclic) bond motifs is 1. The Morgan fingerprint density at radius 1 is 0.800 bits per heavy atom. The van der Waals surface area contributed by atoms with E-state index in [-0.39, 0.29) is 35.2 Å². The summed E-state index contributed by atoms with van der Waals surface area (Å²) in [6, 6.07) is 7.74. The monoisotopic (exact) mass is 406 g/mol. The van der Waals surface area contributed by atoms with Gasteiger partial charge in [0.05, 0.1) is 11.1 Å². The molecule has 1 saturated heterocycles. The number of rotatable bonds is 3. The van der Waals surface area contributed by atoms with Gasteiger partial charge in [0.2, 0.25) is 0 Å². The second-order valence-electron chi connectivity index (χ2n) is 7.65. The van der Waals surface area contributed by atoms with Gasteiger partial charge in [-0.2, -0.15) is 0 Å². The van der Waals surface area contributed by atoms with E-state index < -0.39 is 0 Å². The maximum absolute atomic E-state index is 13.0. The summed E-state index contributed by atoms with van der Waals surface area (Å²) in [4.78, 5) is 59.0. The van der Waals surface area contributed by atoms with Crippen molar-refractivity contribution in [3.63, 3.8) is 0 Å². The number of nitrogens with zero attached hydrogens (tertiary/aromatic N) is 4. The van der Waals surface area contributed by atoms with E-state index in [1.165, 1.54) is 11.0 Å². The average molecular weight is 406 g/mol. The molecule has 154 valence electrons. The maximum Gasteiger partial charge on any atom is 0.261 e. The van der Waals surface area contributed by atoms with Crippen molar-refractivity contribution in [2.75, 3.05) is 26.2 Å². The zero-order chi connectivity index (χ0) is 21.4. The normalized spacial score (nSPS) is 16.3. The van der Waals surface area contributed by atoms with Crippen LogP contribution in [-0.2, 0) is 0 Å². The molecule has 4 amide bonds. The number of imide groups is 1. The molecule has 3 heterocycles. The van der Waals surface area contributed by atoms with Gasteiger partial charge in [0, 0.05) is 55.7 Å². The summed E-state index contributed by atoms with van der Waals surface area (Å²) in [5, 5.41) is 0. The zero-order valence-corrected chi connectivity index (χ0v) is 16.9. The van der Waals surface area contributed by atoms with Crippen LogP contribution < -0.4 is 0 Å². The van der Waals surface area contributed by atoms with E-state index in [1.54, 1.807) is 60.3 Å². The van der Waals surface area contributed by atoms with Crippen LogP contribution in [0.3, 0.4) is 0 Å². The number of aromatic nitrogens is 1. The van der Waals surface area contributed by atoms with Crippen LogP contribution in [0.4, 0.5) is 0 Å². The van der Waals surface area contributed by atoms with Crippen LogP contribution in [0.25, 0.3) is 0 Å². The van der Waals surface area contributed by atoms with Gasteiger partial charge in [0.15, 0.2) is 0 Å². The lowest BCUT2D eigenvalue weighted by atomic mass is 10.0. The Kier molecular flexibility index (Phi) is 5.07. The summed E-state index contributed by atoms with van der Waals surface area (Å²) in [6.07, 6.45) is 3.15. The first-order valence-corrected chi connectivity index (χ1v) is 9.89. The molecule has 0 atom stereocenters. The van der Waals surface area contributed by atoms with Crippen molar-refractivity contribution in [2.45, 2.75) is 19.9 Å². The molecule has 2 aliphatic rings. The first kappa shape index (κ1) is 19.8. The number of carbonyl (C=O) groups excluding carboxylic acids is 4. The third-order valence-corrected chi connectivity index (χ3v) is 5.46. The molecule has 0 aliphatic carbocycles. The summed E-state index contributed by atoms with van der Waals surface area (Å²) in [5.74, 6) is -0.989. The van der Waals surface area contributed by atoms with Gasteiger partial charge < -0.3 is 9.80 Å². The van der Waals surface area contributed by atoms with Gasteiger partial charge in [-0.05, 0) is 44.2 Å². The molecule has 2 aliphatic heterocycles. The lowest BCUT2D eigenvalue weighted by Crippen LogP contribution is -2.50. The van der Waals surface area contributed by atoms with Crippen molar-refractivity contribution in [1.82, 2.24) is 19.7 Å². The molecule has 2 aromatic rings. The van der Waals surface area contributed by atoms with E-state index in [2.05, 4.69) is 4.98 Å². The first-order valence-electron chi connectivity index (χ1n) is 9.89. The topological polar surface area (TPSA) is 90.9 Å². The number of amides is 4. The molecule has 1 aromatic heterocycles. The van der Waals surface area contributed by atoms with Crippen molar-refractivity contribution in [1.29, 1.82) is 0 Å². The lowest BCUT2D eigenvalue weighted by molar-refractivity contribution is 0.0535. The van der Waals surface area contributed by atoms with E-state index in [0.717, 1.165) is 0 Å². The maximum atomic E-state index is 13.0. The van der Waals surface area contributed by atoms with E-state index in [0.29, 0.717) is 42.9 Å². The minimum absolute atomic E-state index is 0.0834. The number of hydrogen-bond donors (Lipinski definition) is 0. The Morgan fingerprint density at radius 3 is 1.90 bits per heavy atom. The van der Waals surface area contributed by atoms with Gasteiger partial charge in [0.1, 0.15) is 0 Å². The van der Waals surface area contributed by atoms with Crippen LogP contribution in [-0.4, -0.2) is 75.5 Å². The third kappa shape index (κ3) is 3.34. The largest absolute Gasteiger partial charge is 0.335 e. The molecule has 0 radical (unpaired) electrons. The van der Waals surface area contributed by atoms with Crippen molar-refractivity contribution >= 4 is 23.6 Å². The summed E-state index contributed by atoms with van der Waals surface area (Å²) < 4.78 is 0. The molecule has 0 spiro atoms. The number of benzene rings is 1. The van der Waals surface area contributed by atoms with E-state index in [4.69, 9.17) is 0 Å². The average Bonchev–Trinajstić information content (AvgIpc) is 3.03. The Balaban J connectivity index is 1.45. The van der Waals surface area contributed by atoms with Crippen LogP contribution in [0.5, 0.6) is 0 Å². The number of hydrogen-bond acceptors (Lipinski definition) is 5. The lowest BCUT2D eigenvalue weighted by Gasteiger charge is -2.34. The molecule has 0 N–H and O–H groups in total. The van der Waals surface area contributed by atoms with E-state index >= 15 is 0 Å². The highest BCUT2D eigenvalue weighted by atomic mass is 16.2. The predicted molar refractivity (Wildman–Crippen MR) is 108 cm³/mol. The SMILES string of the molecule is CC(C)N1C(=O)c2ccc(C(=O)N3CCN(C(=O)c4ccncc4)CC3)cc2C1=O. The van der Waals surface area contributed by atoms with Crippen LogP contribution in [0, 0.1) is 0 Å². The smallest absolute Gasteiger partial charge is 0.261 e. The minimum atomic E-state index is -0.368. The molecule has 8 heteroatoms. The Labute approximate surface area is 174 Å². The van der Waals surface area contributed by atoms with Gasteiger partial charge in [-0.1, -0.05) is 0 Å². The molecule has 4 rings (SSSR count). The summed E-state index contributed by atoms with van der Waals surface area (Å²) in [6.45, 7) is 5.21. The van der Waals surface area contributed by atoms with Gasteiger partial charge in [0.25, 0.3) is 23.6 Å². The van der Waals surface area contributed by atoms with Gasteiger partial charge in [-0.25, -0.2) is 0 Å². The molecule has 0 bridgehead atoms. The fraction of sp³-hybridized carbons (Fsp3) is 0.318. The van der Waals surface area contributed by atoms with Gasteiger partial charge in [-0.3, -0.25) is 29.1 Å². The van der Waals surface area contributed by atoms with Crippen LogP contribution in [0.1, 0.15) is 55.3 Å². The highest BCUT2D eigenvalue weighted by molar-refractivity contribution is 6.22. The fourth-order valence-electron chi connectivity index (χ4n) is 3.83. The molecule has 0 saturated carbocycles.